The van der Waals surface area contributed by atoms with Crippen molar-refractivity contribution in [3.63, 3.8) is 0 Å². The lowest BCUT2D eigenvalue weighted by Crippen LogP contribution is -2.25. The summed E-state index contributed by atoms with van der Waals surface area (Å²) in [6.07, 6.45) is 2.93. The molecule has 0 bridgehead atoms. The minimum atomic E-state index is -3.70. The molecular formula is C10H14N6O2S. The summed E-state index contributed by atoms with van der Waals surface area (Å²) >= 11 is 0. The summed E-state index contributed by atoms with van der Waals surface area (Å²) < 4.78 is 28.1. The molecule has 0 saturated heterocycles. The van der Waals surface area contributed by atoms with Gasteiger partial charge in [-0.15, -0.1) is 0 Å². The van der Waals surface area contributed by atoms with Gasteiger partial charge in [-0.1, -0.05) is 0 Å². The first-order chi connectivity index (χ1) is 9.03. The molecule has 0 aliphatic heterocycles. The van der Waals surface area contributed by atoms with Gasteiger partial charge in [0.15, 0.2) is 10.9 Å². The fraction of sp³-hybridized carbons (Fsp3) is 0.300. The minimum Gasteiger partial charge on any atom is -0.386 e. The molecule has 0 atom stereocenters. The van der Waals surface area contributed by atoms with E-state index in [1.54, 1.807) is 26.2 Å². The topological polar surface area (TPSA) is 102 Å². The zero-order valence-corrected chi connectivity index (χ0v) is 11.3. The van der Waals surface area contributed by atoms with Crippen LogP contribution in [0.5, 0.6) is 0 Å². The van der Waals surface area contributed by atoms with Crippen LogP contribution in [0.15, 0.2) is 29.7 Å². The van der Waals surface area contributed by atoms with E-state index in [0.29, 0.717) is 11.5 Å². The molecular weight excluding hydrogens is 268 g/mol. The Morgan fingerprint density at radius 1 is 1.37 bits per heavy atom. The van der Waals surface area contributed by atoms with E-state index in [1.807, 2.05) is 0 Å². The number of aromatic nitrogens is 4. The van der Waals surface area contributed by atoms with E-state index in [1.165, 1.54) is 17.2 Å². The van der Waals surface area contributed by atoms with Gasteiger partial charge in [0.05, 0.1) is 12.2 Å². The Hall–Kier alpha value is -2.00. The van der Waals surface area contributed by atoms with Crippen molar-refractivity contribution in [1.82, 2.24) is 24.5 Å². The monoisotopic (exact) mass is 282 g/mol. The average Bonchev–Trinajstić information content (AvgIpc) is 2.82. The highest BCUT2D eigenvalue weighted by Gasteiger charge is 2.19. The number of hydrogen-bond donors (Lipinski definition) is 2. The summed E-state index contributed by atoms with van der Waals surface area (Å²) in [5.41, 5.74) is 0.434. The Kier molecular flexibility index (Phi) is 3.76. The molecule has 19 heavy (non-hydrogen) atoms. The average molecular weight is 282 g/mol. The van der Waals surface area contributed by atoms with E-state index in [2.05, 4.69) is 25.1 Å². The predicted molar refractivity (Wildman–Crippen MR) is 68.8 cm³/mol. The summed E-state index contributed by atoms with van der Waals surface area (Å²) in [6.45, 7) is 0.0168. The van der Waals surface area contributed by atoms with E-state index >= 15 is 0 Å². The number of sulfonamides is 1. The molecule has 2 heterocycles. The largest absolute Gasteiger partial charge is 0.386 e. The maximum absolute atomic E-state index is 12.1. The van der Waals surface area contributed by atoms with Crippen LogP contribution in [0.25, 0.3) is 0 Å². The van der Waals surface area contributed by atoms with Crippen LogP contribution in [0.3, 0.4) is 0 Å². The van der Waals surface area contributed by atoms with Crippen LogP contribution in [0.1, 0.15) is 5.82 Å². The van der Waals surface area contributed by atoms with Crippen LogP contribution >= 0.6 is 0 Å². The molecule has 8 nitrogen and oxygen atoms in total. The third-order valence-electron chi connectivity index (χ3n) is 2.36. The van der Waals surface area contributed by atoms with Gasteiger partial charge in [-0.05, 0) is 12.1 Å². The molecule has 0 aromatic carbocycles. The van der Waals surface area contributed by atoms with E-state index in [-0.39, 0.29) is 11.6 Å². The summed E-state index contributed by atoms with van der Waals surface area (Å²) in [6, 6.07) is 3.30. The fourth-order valence-corrected chi connectivity index (χ4v) is 2.60. The Morgan fingerprint density at radius 3 is 2.79 bits per heavy atom. The van der Waals surface area contributed by atoms with Crippen molar-refractivity contribution < 1.29 is 8.42 Å². The zero-order valence-electron chi connectivity index (χ0n) is 10.5. The molecule has 0 unspecified atom stereocenters. The molecule has 0 spiro atoms. The molecule has 2 aromatic heterocycles. The van der Waals surface area contributed by atoms with Crippen LogP contribution in [0, 0.1) is 0 Å². The number of nitrogens with one attached hydrogen (secondary N) is 2. The quantitative estimate of drug-likeness (QED) is 0.782. The van der Waals surface area contributed by atoms with Gasteiger partial charge in [0.25, 0.3) is 10.0 Å². The van der Waals surface area contributed by atoms with Crippen molar-refractivity contribution >= 4 is 15.7 Å². The zero-order chi connectivity index (χ0) is 13.9. The van der Waals surface area contributed by atoms with Gasteiger partial charge < -0.3 is 5.32 Å². The second-order valence-electron chi connectivity index (χ2n) is 3.77. The van der Waals surface area contributed by atoms with Gasteiger partial charge in [-0.25, -0.2) is 23.1 Å². The second-order valence-corrected chi connectivity index (χ2v) is 5.45. The summed E-state index contributed by atoms with van der Waals surface area (Å²) in [5, 5.41) is 6.73. The Labute approximate surface area is 110 Å². The van der Waals surface area contributed by atoms with E-state index in [4.69, 9.17) is 0 Å². The highest BCUT2D eigenvalue weighted by Crippen LogP contribution is 2.16. The Balaban J connectivity index is 2.18. The van der Waals surface area contributed by atoms with Gasteiger partial charge in [0.1, 0.15) is 6.33 Å². The first-order valence-electron chi connectivity index (χ1n) is 5.50. The Morgan fingerprint density at radius 2 is 2.16 bits per heavy atom. The predicted octanol–water partition coefficient (Wildman–Crippen LogP) is -0.270. The van der Waals surface area contributed by atoms with E-state index in [0.717, 1.165) is 0 Å². The molecule has 2 aromatic rings. The minimum absolute atomic E-state index is 0.0168. The van der Waals surface area contributed by atoms with Crippen LogP contribution in [-0.4, -0.2) is 35.2 Å². The molecule has 2 rings (SSSR count). The number of hydrogen-bond acceptors (Lipinski definition) is 6. The van der Waals surface area contributed by atoms with Crippen molar-refractivity contribution in [2.24, 2.45) is 7.05 Å². The maximum Gasteiger partial charge on any atom is 0.260 e. The molecule has 0 radical (unpaired) electrons. The third-order valence-corrected chi connectivity index (χ3v) is 3.72. The SMILES string of the molecule is CNc1cccnc1S(=O)(=O)NCc1ncn(C)n1. The standard InChI is InChI=1S/C10H14N6O2S/c1-11-8-4-3-5-12-10(8)19(17,18)14-6-9-13-7-16(2)15-9/h3-5,7,11,14H,6H2,1-2H3. The van der Waals surface area contributed by atoms with Gasteiger partial charge in [-0.3, -0.25) is 4.68 Å². The lowest BCUT2D eigenvalue weighted by molar-refractivity contribution is 0.575. The van der Waals surface area contributed by atoms with Crippen molar-refractivity contribution in [2.45, 2.75) is 11.6 Å². The second kappa shape index (κ2) is 5.33. The van der Waals surface area contributed by atoms with Crippen molar-refractivity contribution in [3.05, 3.63) is 30.5 Å². The fourth-order valence-electron chi connectivity index (χ4n) is 1.49. The number of aryl methyl sites for hydroxylation is 1. The molecule has 102 valence electrons. The number of rotatable bonds is 5. The molecule has 0 aliphatic carbocycles. The lowest BCUT2D eigenvalue weighted by atomic mass is 10.4. The van der Waals surface area contributed by atoms with Gasteiger partial charge in [-0.2, -0.15) is 5.10 Å². The summed E-state index contributed by atoms with van der Waals surface area (Å²) in [7, 11) is -0.358. The van der Waals surface area contributed by atoms with Crippen LogP contribution in [-0.2, 0) is 23.6 Å². The van der Waals surface area contributed by atoms with Crippen molar-refractivity contribution in [3.8, 4) is 0 Å². The lowest BCUT2D eigenvalue weighted by Gasteiger charge is -2.08. The first kappa shape index (κ1) is 13.4. The molecule has 0 amide bonds. The summed E-state index contributed by atoms with van der Waals surface area (Å²) in [4.78, 5) is 7.82. The Bertz CT molecular complexity index is 666. The molecule has 0 saturated carbocycles. The highest BCUT2D eigenvalue weighted by atomic mass is 32.2. The molecule has 2 N–H and O–H groups in total. The van der Waals surface area contributed by atoms with Crippen molar-refractivity contribution in [1.29, 1.82) is 0 Å². The molecule has 0 fully saturated rings. The van der Waals surface area contributed by atoms with Crippen LogP contribution < -0.4 is 10.0 Å². The van der Waals surface area contributed by atoms with E-state index in [9.17, 15) is 8.42 Å². The van der Waals surface area contributed by atoms with Gasteiger partial charge in [0, 0.05) is 20.3 Å². The normalized spacial score (nSPS) is 11.5. The first-order valence-corrected chi connectivity index (χ1v) is 6.98. The van der Waals surface area contributed by atoms with Crippen LogP contribution in [0.2, 0.25) is 0 Å². The third kappa shape index (κ3) is 3.06. The summed E-state index contributed by atoms with van der Waals surface area (Å²) in [5.74, 6) is 0.396. The number of pyridine rings is 1. The number of anilines is 1. The number of nitrogens with zero attached hydrogens (tertiary/aromatic N) is 4. The molecule has 9 heteroatoms. The van der Waals surface area contributed by atoms with Gasteiger partial charge >= 0.3 is 0 Å². The van der Waals surface area contributed by atoms with Crippen molar-refractivity contribution in [2.75, 3.05) is 12.4 Å². The highest BCUT2D eigenvalue weighted by molar-refractivity contribution is 7.89. The van der Waals surface area contributed by atoms with Crippen LogP contribution in [0.4, 0.5) is 5.69 Å². The molecule has 0 aliphatic rings. The smallest absolute Gasteiger partial charge is 0.260 e. The van der Waals surface area contributed by atoms with E-state index < -0.39 is 10.0 Å². The van der Waals surface area contributed by atoms with Gasteiger partial charge in [0.2, 0.25) is 0 Å². The maximum atomic E-state index is 12.1.